The monoisotopic (exact) mass is 310 g/mol. The van der Waals surface area contributed by atoms with Gasteiger partial charge in [-0.2, -0.15) is 0 Å². The number of rotatable bonds is 4. The van der Waals surface area contributed by atoms with E-state index in [0.29, 0.717) is 12.0 Å². The van der Waals surface area contributed by atoms with E-state index in [2.05, 4.69) is 53.0 Å². The summed E-state index contributed by atoms with van der Waals surface area (Å²) in [5.41, 5.74) is 8.54. The van der Waals surface area contributed by atoms with Crippen LogP contribution in [-0.2, 0) is 6.54 Å². The SMILES string of the molecule is Cc1ccc(CN(C)C2CCCC2CN)c(Br)c1. The van der Waals surface area contributed by atoms with Crippen molar-refractivity contribution in [3.05, 3.63) is 33.8 Å². The molecule has 1 fully saturated rings. The Kier molecular flexibility index (Phi) is 4.82. The molecular formula is C15H23BrN2. The first-order chi connectivity index (χ1) is 8.61. The lowest BCUT2D eigenvalue weighted by Crippen LogP contribution is -2.37. The average molecular weight is 311 g/mol. The molecule has 100 valence electrons. The highest BCUT2D eigenvalue weighted by Gasteiger charge is 2.29. The van der Waals surface area contributed by atoms with Crippen LogP contribution in [0.15, 0.2) is 22.7 Å². The van der Waals surface area contributed by atoms with Gasteiger partial charge in [-0.3, -0.25) is 4.90 Å². The standard InChI is InChI=1S/C15H23BrN2/c1-11-6-7-13(14(16)8-11)10-18(2)15-5-3-4-12(15)9-17/h6-8,12,15H,3-5,9-10,17H2,1-2H3. The summed E-state index contributed by atoms with van der Waals surface area (Å²) in [5.74, 6) is 0.680. The van der Waals surface area contributed by atoms with Crippen LogP contribution in [0.5, 0.6) is 0 Å². The molecule has 0 amide bonds. The molecular weight excluding hydrogens is 288 g/mol. The summed E-state index contributed by atoms with van der Waals surface area (Å²) in [5, 5.41) is 0. The van der Waals surface area contributed by atoms with Crippen molar-refractivity contribution in [1.29, 1.82) is 0 Å². The average Bonchev–Trinajstić information content (AvgIpc) is 2.81. The summed E-state index contributed by atoms with van der Waals surface area (Å²) in [7, 11) is 2.23. The molecule has 0 heterocycles. The van der Waals surface area contributed by atoms with Gasteiger partial charge >= 0.3 is 0 Å². The van der Waals surface area contributed by atoms with E-state index in [0.717, 1.165) is 13.1 Å². The number of nitrogens with zero attached hydrogens (tertiary/aromatic N) is 1. The Morgan fingerprint density at radius 2 is 2.17 bits per heavy atom. The minimum Gasteiger partial charge on any atom is -0.330 e. The predicted octanol–water partition coefficient (Wildman–Crippen LogP) is 3.32. The molecule has 18 heavy (non-hydrogen) atoms. The van der Waals surface area contributed by atoms with E-state index in [1.54, 1.807) is 0 Å². The Bertz CT molecular complexity index is 405. The number of hydrogen-bond donors (Lipinski definition) is 1. The van der Waals surface area contributed by atoms with E-state index in [4.69, 9.17) is 5.73 Å². The van der Waals surface area contributed by atoms with Crippen molar-refractivity contribution in [1.82, 2.24) is 4.90 Å². The van der Waals surface area contributed by atoms with Crippen LogP contribution in [0.1, 0.15) is 30.4 Å². The molecule has 1 aromatic rings. The molecule has 0 radical (unpaired) electrons. The fraction of sp³-hybridized carbons (Fsp3) is 0.600. The van der Waals surface area contributed by atoms with E-state index < -0.39 is 0 Å². The van der Waals surface area contributed by atoms with Gasteiger partial charge in [-0.05, 0) is 56.5 Å². The number of halogens is 1. The minimum atomic E-state index is 0.656. The summed E-state index contributed by atoms with van der Waals surface area (Å²) in [4.78, 5) is 2.47. The van der Waals surface area contributed by atoms with Gasteiger partial charge in [-0.25, -0.2) is 0 Å². The predicted molar refractivity (Wildman–Crippen MR) is 80.5 cm³/mol. The van der Waals surface area contributed by atoms with Crippen molar-refractivity contribution in [2.45, 2.75) is 38.8 Å². The molecule has 2 N–H and O–H groups in total. The maximum absolute atomic E-state index is 5.87. The fourth-order valence-corrected chi connectivity index (χ4v) is 3.66. The molecule has 2 atom stereocenters. The highest BCUT2D eigenvalue weighted by Crippen LogP contribution is 2.30. The van der Waals surface area contributed by atoms with E-state index in [-0.39, 0.29) is 0 Å². The van der Waals surface area contributed by atoms with Crippen LogP contribution in [0.25, 0.3) is 0 Å². The molecule has 1 aliphatic rings. The molecule has 0 saturated heterocycles. The zero-order valence-corrected chi connectivity index (χ0v) is 12.9. The van der Waals surface area contributed by atoms with Crippen LogP contribution in [0, 0.1) is 12.8 Å². The van der Waals surface area contributed by atoms with E-state index >= 15 is 0 Å². The maximum atomic E-state index is 5.87. The van der Waals surface area contributed by atoms with E-state index in [9.17, 15) is 0 Å². The molecule has 0 spiro atoms. The first-order valence-electron chi connectivity index (χ1n) is 6.77. The second-order valence-electron chi connectivity index (χ2n) is 5.50. The molecule has 3 heteroatoms. The zero-order chi connectivity index (χ0) is 13.1. The Labute approximate surface area is 119 Å². The third-order valence-corrected chi connectivity index (χ3v) is 4.85. The topological polar surface area (TPSA) is 29.3 Å². The van der Waals surface area contributed by atoms with Crippen molar-refractivity contribution < 1.29 is 0 Å². The second kappa shape index (κ2) is 6.18. The van der Waals surface area contributed by atoms with Crippen LogP contribution in [-0.4, -0.2) is 24.5 Å². The van der Waals surface area contributed by atoms with Crippen LogP contribution < -0.4 is 5.73 Å². The molecule has 2 unspecified atom stereocenters. The van der Waals surface area contributed by atoms with Gasteiger partial charge in [0.1, 0.15) is 0 Å². The summed E-state index contributed by atoms with van der Waals surface area (Å²) >= 11 is 3.67. The van der Waals surface area contributed by atoms with Crippen molar-refractivity contribution in [2.24, 2.45) is 11.7 Å². The third kappa shape index (κ3) is 3.14. The number of benzene rings is 1. The van der Waals surface area contributed by atoms with E-state index in [1.807, 2.05) is 0 Å². The normalized spacial score (nSPS) is 23.8. The van der Waals surface area contributed by atoms with Crippen molar-refractivity contribution in [2.75, 3.05) is 13.6 Å². The first kappa shape index (κ1) is 14.0. The van der Waals surface area contributed by atoms with Crippen molar-refractivity contribution in [3.63, 3.8) is 0 Å². The Morgan fingerprint density at radius 3 is 2.83 bits per heavy atom. The number of nitrogens with two attached hydrogens (primary N) is 1. The van der Waals surface area contributed by atoms with Gasteiger partial charge in [0, 0.05) is 17.1 Å². The molecule has 1 saturated carbocycles. The molecule has 1 aromatic carbocycles. The molecule has 2 rings (SSSR count). The molecule has 0 aromatic heterocycles. The lowest BCUT2D eigenvalue weighted by atomic mass is 10.0. The zero-order valence-electron chi connectivity index (χ0n) is 11.3. The molecule has 0 aliphatic heterocycles. The van der Waals surface area contributed by atoms with Gasteiger partial charge in [-0.1, -0.05) is 34.5 Å². The highest BCUT2D eigenvalue weighted by atomic mass is 79.9. The largest absolute Gasteiger partial charge is 0.330 e. The summed E-state index contributed by atoms with van der Waals surface area (Å²) in [6.07, 6.45) is 3.91. The lowest BCUT2D eigenvalue weighted by Gasteiger charge is -2.29. The summed E-state index contributed by atoms with van der Waals surface area (Å²) in [6.45, 7) is 3.95. The minimum absolute atomic E-state index is 0.656. The van der Waals surface area contributed by atoms with Gasteiger partial charge in [-0.15, -0.1) is 0 Å². The second-order valence-corrected chi connectivity index (χ2v) is 6.36. The summed E-state index contributed by atoms with van der Waals surface area (Å²) < 4.78 is 1.22. The Balaban J connectivity index is 2.04. The molecule has 0 bridgehead atoms. The molecule has 1 aliphatic carbocycles. The fourth-order valence-electron chi connectivity index (χ4n) is 3.04. The number of hydrogen-bond acceptors (Lipinski definition) is 2. The van der Waals surface area contributed by atoms with Gasteiger partial charge in [0.2, 0.25) is 0 Å². The van der Waals surface area contributed by atoms with Crippen LogP contribution in [0.3, 0.4) is 0 Å². The van der Waals surface area contributed by atoms with Gasteiger partial charge < -0.3 is 5.73 Å². The Morgan fingerprint density at radius 1 is 1.39 bits per heavy atom. The first-order valence-corrected chi connectivity index (χ1v) is 7.56. The van der Waals surface area contributed by atoms with E-state index in [1.165, 1.54) is 34.9 Å². The maximum Gasteiger partial charge on any atom is 0.0244 e. The van der Waals surface area contributed by atoms with Crippen molar-refractivity contribution >= 4 is 15.9 Å². The smallest absolute Gasteiger partial charge is 0.0244 e. The van der Waals surface area contributed by atoms with Gasteiger partial charge in [0.25, 0.3) is 0 Å². The quantitative estimate of drug-likeness (QED) is 0.924. The highest BCUT2D eigenvalue weighted by molar-refractivity contribution is 9.10. The van der Waals surface area contributed by atoms with Gasteiger partial charge in [0.05, 0.1) is 0 Å². The third-order valence-electron chi connectivity index (χ3n) is 4.12. The number of aryl methyl sites for hydroxylation is 1. The lowest BCUT2D eigenvalue weighted by molar-refractivity contribution is 0.192. The van der Waals surface area contributed by atoms with Crippen molar-refractivity contribution in [3.8, 4) is 0 Å². The molecule has 2 nitrogen and oxygen atoms in total. The van der Waals surface area contributed by atoms with Gasteiger partial charge in [0.15, 0.2) is 0 Å². The van der Waals surface area contributed by atoms with Crippen LogP contribution >= 0.6 is 15.9 Å². The van der Waals surface area contributed by atoms with Crippen LogP contribution in [0.2, 0.25) is 0 Å². The van der Waals surface area contributed by atoms with Crippen LogP contribution in [0.4, 0.5) is 0 Å². The Hall–Kier alpha value is -0.380. The summed E-state index contributed by atoms with van der Waals surface area (Å²) in [6, 6.07) is 7.26.